The molecule has 0 spiro atoms. The normalized spacial score (nSPS) is 13.6. The van der Waals surface area contributed by atoms with Gasteiger partial charge in [-0.1, -0.05) is 0 Å². The minimum absolute atomic E-state index is 0.0905. The summed E-state index contributed by atoms with van der Waals surface area (Å²) in [7, 11) is 0. The van der Waals surface area contributed by atoms with Crippen molar-refractivity contribution in [2.24, 2.45) is 0 Å². The molecule has 0 unspecified atom stereocenters. The lowest BCUT2D eigenvalue weighted by atomic mass is 10.0. The van der Waals surface area contributed by atoms with Crippen molar-refractivity contribution in [1.82, 2.24) is 9.97 Å². The maximum Gasteiger partial charge on any atom is 0.508 e. The number of nitrogens with zero attached hydrogens (tertiary/aromatic N) is 4. The predicted octanol–water partition coefficient (Wildman–Crippen LogP) is 4.69. The molecule has 0 radical (unpaired) electrons. The van der Waals surface area contributed by atoms with Crippen LogP contribution in [0.1, 0.15) is 35.7 Å². The fourth-order valence-corrected chi connectivity index (χ4v) is 3.85. The molecule has 1 aliphatic rings. The third kappa shape index (κ3) is 6.15. The molecule has 0 saturated carbocycles. The van der Waals surface area contributed by atoms with E-state index in [1.807, 2.05) is 0 Å². The molecular formula is C25H23FN4O7. The highest BCUT2D eigenvalue weighted by Crippen LogP contribution is 2.37. The molecule has 2 heterocycles. The Morgan fingerprint density at radius 1 is 1.05 bits per heavy atom. The van der Waals surface area contributed by atoms with Gasteiger partial charge in [0.1, 0.15) is 24.0 Å². The molecule has 1 aromatic heterocycles. The fraction of sp³-hybridized carbons (Fsp3) is 0.280. The van der Waals surface area contributed by atoms with Crippen LogP contribution in [0.2, 0.25) is 0 Å². The average molecular weight is 510 g/mol. The van der Waals surface area contributed by atoms with Crippen LogP contribution >= 0.6 is 0 Å². The number of ketones is 1. The summed E-state index contributed by atoms with van der Waals surface area (Å²) < 4.78 is 28.8. The van der Waals surface area contributed by atoms with Gasteiger partial charge >= 0.3 is 17.7 Å². The monoisotopic (exact) mass is 510 g/mol. The molecule has 0 aliphatic carbocycles. The number of aromatic nitrogens is 2. The fourth-order valence-electron chi connectivity index (χ4n) is 3.85. The van der Waals surface area contributed by atoms with Crippen LogP contribution in [0, 0.1) is 15.9 Å². The lowest BCUT2D eigenvalue weighted by Gasteiger charge is -2.31. The molecule has 192 valence electrons. The van der Waals surface area contributed by atoms with Crippen LogP contribution in [-0.2, 0) is 9.47 Å². The molecule has 4 rings (SSSR count). The van der Waals surface area contributed by atoms with Crippen LogP contribution < -0.4 is 9.64 Å². The van der Waals surface area contributed by atoms with Crippen LogP contribution in [0.25, 0.3) is 0 Å². The predicted molar refractivity (Wildman–Crippen MR) is 128 cm³/mol. The van der Waals surface area contributed by atoms with Gasteiger partial charge in [0, 0.05) is 37.1 Å². The van der Waals surface area contributed by atoms with Gasteiger partial charge in [0.2, 0.25) is 5.82 Å². The molecule has 0 bridgehead atoms. The van der Waals surface area contributed by atoms with Gasteiger partial charge in [0.15, 0.2) is 5.78 Å². The molecule has 0 atom stereocenters. The van der Waals surface area contributed by atoms with E-state index in [1.165, 1.54) is 54.9 Å². The van der Waals surface area contributed by atoms with E-state index in [4.69, 9.17) is 14.2 Å². The van der Waals surface area contributed by atoms with Crippen molar-refractivity contribution in [1.29, 1.82) is 0 Å². The summed E-state index contributed by atoms with van der Waals surface area (Å²) in [5.41, 5.74) is 0.256. The Morgan fingerprint density at radius 2 is 1.68 bits per heavy atom. The maximum atomic E-state index is 13.1. The SMILES string of the molecule is CCOC(=O)OC1CCN(c2ncnc(Oc3ccc(C(=O)c4ccc(F)cc4)cc3)c2[N+](=O)[O-])CC1. The Hall–Kier alpha value is -4.61. The van der Waals surface area contributed by atoms with E-state index in [1.54, 1.807) is 11.8 Å². The number of hydrogen-bond donors (Lipinski definition) is 0. The smallest absolute Gasteiger partial charge is 0.435 e. The number of carbonyl (C=O) groups is 2. The number of rotatable bonds is 8. The highest BCUT2D eigenvalue weighted by molar-refractivity contribution is 6.09. The molecule has 0 N–H and O–H groups in total. The third-order valence-corrected chi connectivity index (χ3v) is 5.66. The summed E-state index contributed by atoms with van der Waals surface area (Å²) in [6.45, 7) is 2.61. The van der Waals surface area contributed by atoms with Crippen LogP contribution in [0.3, 0.4) is 0 Å². The second kappa shape index (κ2) is 11.4. The third-order valence-electron chi connectivity index (χ3n) is 5.66. The van der Waals surface area contributed by atoms with Crippen molar-refractivity contribution in [3.05, 3.63) is 81.9 Å². The van der Waals surface area contributed by atoms with E-state index in [-0.39, 0.29) is 35.9 Å². The lowest BCUT2D eigenvalue weighted by molar-refractivity contribution is -0.385. The minimum atomic E-state index is -0.741. The van der Waals surface area contributed by atoms with Crippen LogP contribution in [0.4, 0.5) is 20.7 Å². The van der Waals surface area contributed by atoms with Gasteiger partial charge < -0.3 is 19.1 Å². The molecule has 2 aromatic carbocycles. The van der Waals surface area contributed by atoms with Gasteiger partial charge in [-0.2, -0.15) is 4.98 Å². The van der Waals surface area contributed by atoms with Gasteiger partial charge in [-0.3, -0.25) is 14.9 Å². The number of halogens is 1. The van der Waals surface area contributed by atoms with E-state index >= 15 is 0 Å². The van der Waals surface area contributed by atoms with Gasteiger partial charge in [-0.25, -0.2) is 14.2 Å². The summed E-state index contributed by atoms with van der Waals surface area (Å²) in [5.74, 6) is -0.687. The zero-order valence-electron chi connectivity index (χ0n) is 19.8. The van der Waals surface area contributed by atoms with Crippen molar-refractivity contribution in [3.8, 4) is 11.6 Å². The van der Waals surface area contributed by atoms with E-state index in [9.17, 15) is 24.1 Å². The Labute approximate surface area is 211 Å². The Bertz CT molecular complexity index is 1280. The second-order valence-electron chi connectivity index (χ2n) is 8.06. The first kappa shape index (κ1) is 25.5. The molecule has 12 heteroatoms. The number of nitro groups is 1. The molecule has 1 fully saturated rings. The second-order valence-corrected chi connectivity index (χ2v) is 8.06. The standard InChI is InChI=1S/C25H23FN4O7/c1-2-35-25(32)37-20-11-13-29(14-12-20)23-21(30(33)34)24(28-15-27-23)36-19-9-5-17(6-10-19)22(31)16-3-7-18(26)8-4-16/h3-10,15,20H,2,11-14H2,1H3. The average Bonchev–Trinajstić information content (AvgIpc) is 2.89. The quantitative estimate of drug-likeness (QED) is 0.182. The topological polar surface area (TPSA) is 134 Å². The van der Waals surface area contributed by atoms with E-state index in [0.29, 0.717) is 37.1 Å². The Balaban J connectivity index is 1.47. The van der Waals surface area contributed by atoms with Crippen molar-refractivity contribution >= 4 is 23.4 Å². The maximum absolute atomic E-state index is 13.1. The van der Waals surface area contributed by atoms with Crippen molar-refractivity contribution in [2.75, 3.05) is 24.6 Å². The van der Waals surface area contributed by atoms with Crippen molar-refractivity contribution in [2.45, 2.75) is 25.9 Å². The number of hydrogen-bond acceptors (Lipinski definition) is 10. The van der Waals surface area contributed by atoms with E-state index < -0.39 is 22.6 Å². The molecule has 3 aromatic rings. The van der Waals surface area contributed by atoms with E-state index in [2.05, 4.69) is 9.97 Å². The molecule has 0 amide bonds. The summed E-state index contributed by atoms with van der Waals surface area (Å²) in [5, 5.41) is 11.9. The lowest BCUT2D eigenvalue weighted by Crippen LogP contribution is -2.38. The van der Waals surface area contributed by atoms with Crippen molar-refractivity contribution in [3.63, 3.8) is 0 Å². The van der Waals surface area contributed by atoms with Crippen LogP contribution in [0.15, 0.2) is 54.9 Å². The largest absolute Gasteiger partial charge is 0.508 e. The highest BCUT2D eigenvalue weighted by Gasteiger charge is 2.32. The number of benzene rings is 2. The molecule has 11 nitrogen and oxygen atoms in total. The summed E-state index contributed by atoms with van der Waals surface area (Å²) in [6.07, 6.45) is 0.961. The van der Waals surface area contributed by atoms with Gasteiger partial charge in [-0.05, 0) is 55.5 Å². The van der Waals surface area contributed by atoms with Gasteiger partial charge in [-0.15, -0.1) is 0 Å². The molecule has 37 heavy (non-hydrogen) atoms. The number of anilines is 1. The number of ether oxygens (including phenoxy) is 3. The summed E-state index contributed by atoms with van der Waals surface area (Å²) in [6, 6.07) is 11.2. The Morgan fingerprint density at radius 3 is 2.27 bits per heavy atom. The highest BCUT2D eigenvalue weighted by atomic mass is 19.1. The number of piperidine rings is 1. The van der Waals surface area contributed by atoms with Gasteiger partial charge in [0.05, 0.1) is 11.5 Å². The van der Waals surface area contributed by atoms with E-state index in [0.717, 1.165) is 0 Å². The zero-order valence-corrected chi connectivity index (χ0v) is 19.8. The van der Waals surface area contributed by atoms with Crippen LogP contribution in [0.5, 0.6) is 11.6 Å². The summed E-state index contributed by atoms with van der Waals surface area (Å²) >= 11 is 0. The van der Waals surface area contributed by atoms with Crippen LogP contribution in [-0.4, -0.2) is 52.6 Å². The molecule has 1 saturated heterocycles. The first-order valence-corrected chi connectivity index (χ1v) is 11.5. The first-order valence-electron chi connectivity index (χ1n) is 11.5. The summed E-state index contributed by atoms with van der Waals surface area (Å²) in [4.78, 5) is 45.2. The first-order chi connectivity index (χ1) is 17.9. The molecule has 1 aliphatic heterocycles. The zero-order chi connectivity index (χ0) is 26.4. The van der Waals surface area contributed by atoms with Gasteiger partial charge in [0.25, 0.3) is 0 Å². The van der Waals surface area contributed by atoms with Crippen molar-refractivity contribution < 1.29 is 33.1 Å². The molecular weight excluding hydrogens is 487 g/mol. The number of carbonyl (C=O) groups excluding carboxylic acids is 2. The Kier molecular flexibility index (Phi) is 7.86. The minimum Gasteiger partial charge on any atom is -0.435 e.